The number of fused-ring (bicyclic) bond motifs is 1. The highest BCUT2D eigenvalue weighted by molar-refractivity contribution is 6.00. The number of morpholine rings is 1. The molecule has 5 rings (SSSR count). The molecule has 37 heavy (non-hydrogen) atoms. The Balaban J connectivity index is 1.44. The first-order valence-electron chi connectivity index (χ1n) is 12.0. The van der Waals surface area contributed by atoms with E-state index < -0.39 is 0 Å². The van der Waals surface area contributed by atoms with Gasteiger partial charge in [-0.1, -0.05) is 24.3 Å². The molecule has 1 fully saturated rings. The molecule has 9 heteroatoms. The smallest absolute Gasteiger partial charge is 0.262 e. The number of aromatic nitrogens is 2. The van der Waals surface area contributed by atoms with E-state index in [0.29, 0.717) is 36.2 Å². The summed E-state index contributed by atoms with van der Waals surface area (Å²) >= 11 is 0. The van der Waals surface area contributed by atoms with E-state index in [1.165, 1.54) is 0 Å². The van der Waals surface area contributed by atoms with Gasteiger partial charge in [0.15, 0.2) is 6.61 Å². The van der Waals surface area contributed by atoms with Gasteiger partial charge in [-0.25, -0.2) is 0 Å². The summed E-state index contributed by atoms with van der Waals surface area (Å²) in [7, 11) is 3.18. The van der Waals surface area contributed by atoms with E-state index >= 15 is 0 Å². The fraction of sp³-hybridized carbons (Fsp3) is 0.250. The number of amides is 1. The highest BCUT2D eigenvalue weighted by Gasteiger charge is 2.19. The molecule has 4 aromatic rings. The van der Waals surface area contributed by atoms with E-state index in [1.807, 2.05) is 42.5 Å². The molecule has 190 valence electrons. The number of nitrogens with one attached hydrogen (secondary N) is 1. The number of hydrogen-bond donors (Lipinski definition) is 1. The average molecular weight is 501 g/mol. The van der Waals surface area contributed by atoms with Gasteiger partial charge >= 0.3 is 0 Å². The summed E-state index contributed by atoms with van der Waals surface area (Å²) in [6.45, 7) is 2.59. The van der Waals surface area contributed by atoms with E-state index in [2.05, 4.69) is 20.4 Å². The maximum absolute atomic E-state index is 12.9. The molecule has 0 atom stereocenters. The molecule has 2 heterocycles. The number of anilines is 2. The monoisotopic (exact) mass is 500 g/mol. The van der Waals surface area contributed by atoms with Crippen LogP contribution in [0.15, 0.2) is 66.7 Å². The normalized spacial score (nSPS) is 13.3. The predicted octanol–water partition coefficient (Wildman–Crippen LogP) is 4.17. The van der Waals surface area contributed by atoms with Crippen molar-refractivity contribution in [3.8, 4) is 28.6 Å². The first-order chi connectivity index (χ1) is 18.2. The second-order valence-electron chi connectivity index (χ2n) is 8.45. The number of benzene rings is 3. The van der Waals surface area contributed by atoms with E-state index in [-0.39, 0.29) is 12.5 Å². The molecule has 1 aliphatic rings. The van der Waals surface area contributed by atoms with Gasteiger partial charge in [0.05, 0.1) is 38.8 Å². The van der Waals surface area contributed by atoms with Crippen molar-refractivity contribution in [3.05, 3.63) is 66.7 Å². The molecule has 0 bridgehead atoms. The Morgan fingerprint density at radius 3 is 2.38 bits per heavy atom. The number of rotatable bonds is 8. The molecule has 0 saturated carbocycles. The third kappa shape index (κ3) is 5.41. The number of hydrogen-bond acceptors (Lipinski definition) is 8. The maximum Gasteiger partial charge on any atom is 0.262 e. The van der Waals surface area contributed by atoms with Crippen molar-refractivity contribution in [2.24, 2.45) is 0 Å². The molecule has 0 radical (unpaired) electrons. The van der Waals surface area contributed by atoms with Gasteiger partial charge in [0.25, 0.3) is 5.91 Å². The lowest BCUT2D eigenvalue weighted by molar-refractivity contribution is -0.118. The predicted molar refractivity (Wildman–Crippen MR) is 142 cm³/mol. The SMILES string of the molecule is COc1ccc(OCC(=O)Nc2cc(-c3nnc(OC)c4ccccc34)ccc2N2CCOCC2)cc1. The summed E-state index contributed by atoms with van der Waals surface area (Å²) in [5, 5.41) is 13.5. The standard InChI is InChI=1S/C28H28N4O5/c1-34-20-8-10-21(11-9-20)37-18-26(33)29-24-17-19(7-12-25(24)32-13-15-36-16-14-32)27-22-5-3-4-6-23(22)28(35-2)31-30-27/h3-12,17H,13-16,18H2,1-2H3,(H,29,33). The quantitative estimate of drug-likeness (QED) is 0.385. The van der Waals surface area contributed by atoms with Crippen molar-refractivity contribution in [2.75, 3.05) is 57.3 Å². The zero-order valence-electron chi connectivity index (χ0n) is 20.8. The minimum Gasteiger partial charge on any atom is -0.497 e. The second kappa shape index (κ2) is 11.1. The fourth-order valence-electron chi connectivity index (χ4n) is 4.31. The molecule has 0 aliphatic carbocycles. The van der Waals surface area contributed by atoms with Gasteiger partial charge in [-0.05, 0) is 42.5 Å². The van der Waals surface area contributed by atoms with Crippen LogP contribution in [0, 0.1) is 0 Å². The van der Waals surface area contributed by atoms with Crippen LogP contribution in [-0.2, 0) is 9.53 Å². The van der Waals surface area contributed by atoms with E-state index in [4.69, 9.17) is 18.9 Å². The van der Waals surface area contributed by atoms with Crippen LogP contribution >= 0.6 is 0 Å². The van der Waals surface area contributed by atoms with Crippen molar-refractivity contribution >= 4 is 28.1 Å². The van der Waals surface area contributed by atoms with Crippen LogP contribution in [0.1, 0.15) is 0 Å². The summed E-state index contributed by atoms with van der Waals surface area (Å²) in [5.41, 5.74) is 3.12. The third-order valence-corrected chi connectivity index (χ3v) is 6.17. The lowest BCUT2D eigenvalue weighted by Crippen LogP contribution is -2.37. The van der Waals surface area contributed by atoms with Gasteiger partial charge < -0.3 is 29.2 Å². The van der Waals surface area contributed by atoms with Crippen molar-refractivity contribution in [1.29, 1.82) is 0 Å². The molecule has 1 saturated heterocycles. The fourth-order valence-corrected chi connectivity index (χ4v) is 4.31. The molecular weight excluding hydrogens is 472 g/mol. The summed E-state index contributed by atoms with van der Waals surface area (Å²) in [6.07, 6.45) is 0. The van der Waals surface area contributed by atoms with Crippen LogP contribution in [0.4, 0.5) is 11.4 Å². The Morgan fingerprint density at radius 2 is 1.65 bits per heavy atom. The van der Waals surface area contributed by atoms with E-state index in [9.17, 15) is 4.79 Å². The highest BCUT2D eigenvalue weighted by atomic mass is 16.5. The molecule has 0 spiro atoms. The second-order valence-corrected chi connectivity index (χ2v) is 8.45. The van der Waals surface area contributed by atoms with Gasteiger partial charge in [0, 0.05) is 29.4 Å². The maximum atomic E-state index is 12.9. The summed E-state index contributed by atoms with van der Waals surface area (Å²) in [4.78, 5) is 15.1. The van der Waals surface area contributed by atoms with Crippen LogP contribution in [0.25, 0.3) is 22.0 Å². The van der Waals surface area contributed by atoms with Crippen LogP contribution < -0.4 is 24.4 Å². The number of ether oxygens (including phenoxy) is 4. The largest absolute Gasteiger partial charge is 0.497 e. The summed E-state index contributed by atoms with van der Waals surface area (Å²) in [6, 6.07) is 20.9. The summed E-state index contributed by atoms with van der Waals surface area (Å²) < 4.78 is 21.8. The Labute approximate surface area is 214 Å². The van der Waals surface area contributed by atoms with Crippen molar-refractivity contribution in [2.45, 2.75) is 0 Å². The van der Waals surface area contributed by atoms with Gasteiger partial charge in [-0.3, -0.25) is 4.79 Å². The van der Waals surface area contributed by atoms with Crippen LogP contribution in [0.5, 0.6) is 17.4 Å². The molecule has 1 N–H and O–H groups in total. The lowest BCUT2D eigenvalue weighted by atomic mass is 10.0. The van der Waals surface area contributed by atoms with Gasteiger partial charge in [-0.15, -0.1) is 10.2 Å². The van der Waals surface area contributed by atoms with Crippen molar-refractivity contribution in [1.82, 2.24) is 10.2 Å². The number of methoxy groups -OCH3 is 2. The molecule has 9 nitrogen and oxygen atoms in total. The van der Waals surface area contributed by atoms with Gasteiger partial charge in [0.2, 0.25) is 5.88 Å². The molecule has 1 aromatic heterocycles. The molecule has 1 aliphatic heterocycles. The average Bonchev–Trinajstić information content (AvgIpc) is 2.96. The topological polar surface area (TPSA) is 95.0 Å². The minimum atomic E-state index is -0.270. The summed E-state index contributed by atoms with van der Waals surface area (Å²) in [5.74, 6) is 1.50. The first-order valence-corrected chi connectivity index (χ1v) is 12.0. The zero-order valence-corrected chi connectivity index (χ0v) is 20.8. The van der Waals surface area contributed by atoms with Crippen LogP contribution in [0.3, 0.4) is 0 Å². The Morgan fingerprint density at radius 1 is 0.919 bits per heavy atom. The Hall–Kier alpha value is -4.37. The Kier molecular flexibility index (Phi) is 7.32. The minimum absolute atomic E-state index is 0.135. The van der Waals surface area contributed by atoms with Gasteiger partial charge in [0.1, 0.15) is 17.2 Å². The first kappa shape index (κ1) is 24.3. The number of carbonyl (C=O) groups is 1. The van der Waals surface area contributed by atoms with Gasteiger partial charge in [-0.2, -0.15) is 0 Å². The lowest BCUT2D eigenvalue weighted by Gasteiger charge is -2.30. The van der Waals surface area contributed by atoms with E-state index in [0.717, 1.165) is 40.9 Å². The van der Waals surface area contributed by atoms with E-state index in [1.54, 1.807) is 38.5 Å². The zero-order chi connectivity index (χ0) is 25.6. The van der Waals surface area contributed by atoms with Crippen LogP contribution in [-0.4, -0.2) is 63.2 Å². The van der Waals surface area contributed by atoms with Crippen molar-refractivity contribution < 1.29 is 23.7 Å². The number of carbonyl (C=O) groups excluding carboxylic acids is 1. The Bertz CT molecular complexity index is 1390. The highest BCUT2D eigenvalue weighted by Crippen LogP contribution is 2.35. The third-order valence-electron chi connectivity index (χ3n) is 6.17. The van der Waals surface area contributed by atoms with Crippen LogP contribution in [0.2, 0.25) is 0 Å². The molecule has 0 unspecified atom stereocenters. The number of nitrogens with zero attached hydrogens (tertiary/aromatic N) is 3. The molecular formula is C28H28N4O5. The molecule has 1 amide bonds. The van der Waals surface area contributed by atoms with Crippen molar-refractivity contribution in [3.63, 3.8) is 0 Å². The molecule has 3 aromatic carbocycles.